The Hall–Kier alpha value is -1.44. The minimum Gasteiger partial charge on any atom is -0.368 e. The number of amides is 1. The molecule has 0 spiro atoms. The molecule has 0 aromatic heterocycles. The number of benzene rings is 1. The number of hydrogen-bond donors (Lipinski definition) is 2. The standard InChI is InChI=1S/C12H17N3O3S/c1-9-3-2-4-10(7-9)19(17,18)15-6-5-14-8-11(15)12(13)16/h2-4,7,11,14H,5-6,8H2,1H3,(H2,13,16). The van der Waals surface area contributed by atoms with E-state index < -0.39 is 22.0 Å². The number of sulfonamides is 1. The topological polar surface area (TPSA) is 92.5 Å². The first-order valence-corrected chi connectivity index (χ1v) is 7.45. The number of primary amides is 1. The van der Waals surface area contributed by atoms with Crippen LogP contribution in [0.15, 0.2) is 29.2 Å². The Morgan fingerprint density at radius 1 is 1.47 bits per heavy atom. The highest BCUT2D eigenvalue weighted by Crippen LogP contribution is 2.20. The molecule has 0 bridgehead atoms. The molecule has 1 amide bonds. The molecule has 0 radical (unpaired) electrons. The summed E-state index contributed by atoms with van der Waals surface area (Å²) < 4.78 is 26.3. The second kappa shape index (κ2) is 5.28. The molecule has 7 heteroatoms. The van der Waals surface area contributed by atoms with Gasteiger partial charge < -0.3 is 11.1 Å². The molecular weight excluding hydrogens is 266 g/mol. The van der Waals surface area contributed by atoms with Gasteiger partial charge in [0, 0.05) is 19.6 Å². The molecule has 1 saturated heterocycles. The Bertz CT molecular complexity index is 586. The molecule has 1 fully saturated rings. The van der Waals surface area contributed by atoms with Crippen molar-refractivity contribution in [1.29, 1.82) is 0 Å². The number of piperazine rings is 1. The van der Waals surface area contributed by atoms with Crippen LogP contribution in [-0.4, -0.2) is 44.3 Å². The number of carbonyl (C=O) groups excluding carboxylic acids is 1. The zero-order valence-electron chi connectivity index (χ0n) is 10.7. The first-order valence-electron chi connectivity index (χ1n) is 6.01. The lowest BCUT2D eigenvalue weighted by molar-refractivity contribution is -0.122. The van der Waals surface area contributed by atoms with Crippen LogP contribution in [0.5, 0.6) is 0 Å². The summed E-state index contributed by atoms with van der Waals surface area (Å²) in [6.07, 6.45) is 0. The number of carbonyl (C=O) groups is 1. The second-order valence-electron chi connectivity index (χ2n) is 4.55. The maximum absolute atomic E-state index is 12.5. The molecule has 1 aromatic rings. The van der Waals surface area contributed by atoms with Gasteiger partial charge in [-0.3, -0.25) is 4.79 Å². The summed E-state index contributed by atoms with van der Waals surface area (Å²) in [4.78, 5) is 11.6. The highest BCUT2D eigenvalue weighted by molar-refractivity contribution is 7.89. The smallest absolute Gasteiger partial charge is 0.243 e. The first-order chi connectivity index (χ1) is 8.93. The van der Waals surface area contributed by atoms with Gasteiger partial charge in [-0.2, -0.15) is 4.31 Å². The summed E-state index contributed by atoms with van der Waals surface area (Å²) in [5.74, 6) is -0.636. The number of hydrogen-bond acceptors (Lipinski definition) is 4. The lowest BCUT2D eigenvalue weighted by Gasteiger charge is -2.33. The van der Waals surface area contributed by atoms with E-state index in [1.54, 1.807) is 12.1 Å². The Labute approximate surface area is 112 Å². The fourth-order valence-corrected chi connectivity index (χ4v) is 3.83. The molecule has 6 nitrogen and oxygen atoms in total. The number of nitrogens with one attached hydrogen (secondary N) is 1. The van der Waals surface area contributed by atoms with Crippen molar-refractivity contribution in [2.75, 3.05) is 19.6 Å². The minimum absolute atomic E-state index is 0.195. The zero-order chi connectivity index (χ0) is 14.0. The van der Waals surface area contributed by atoms with Crippen LogP contribution in [0.4, 0.5) is 0 Å². The summed E-state index contributed by atoms with van der Waals surface area (Å²) in [7, 11) is -3.69. The molecule has 1 heterocycles. The van der Waals surface area contributed by atoms with E-state index in [4.69, 9.17) is 5.73 Å². The van der Waals surface area contributed by atoms with Crippen LogP contribution in [0.25, 0.3) is 0 Å². The van der Waals surface area contributed by atoms with Gasteiger partial charge in [-0.05, 0) is 24.6 Å². The first kappa shape index (κ1) is 14.0. The van der Waals surface area contributed by atoms with Crippen LogP contribution in [0.2, 0.25) is 0 Å². The fraction of sp³-hybridized carbons (Fsp3) is 0.417. The van der Waals surface area contributed by atoms with Crippen molar-refractivity contribution in [2.24, 2.45) is 5.73 Å². The SMILES string of the molecule is Cc1cccc(S(=O)(=O)N2CCNCC2C(N)=O)c1. The normalized spacial score (nSPS) is 21.2. The Morgan fingerprint density at radius 2 is 2.21 bits per heavy atom. The quantitative estimate of drug-likeness (QED) is 0.778. The zero-order valence-corrected chi connectivity index (χ0v) is 11.5. The molecule has 1 atom stereocenters. The fourth-order valence-electron chi connectivity index (χ4n) is 2.13. The van der Waals surface area contributed by atoms with Crippen molar-refractivity contribution in [2.45, 2.75) is 17.9 Å². The van der Waals surface area contributed by atoms with Gasteiger partial charge in [0.05, 0.1) is 4.90 Å². The number of nitrogens with two attached hydrogens (primary N) is 1. The Balaban J connectivity index is 2.40. The predicted molar refractivity (Wildman–Crippen MR) is 70.9 cm³/mol. The van der Waals surface area contributed by atoms with Crippen LogP contribution >= 0.6 is 0 Å². The van der Waals surface area contributed by atoms with Crippen molar-refractivity contribution in [3.8, 4) is 0 Å². The maximum atomic E-state index is 12.5. The van der Waals surface area contributed by atoms with E-state index in [9.17, 15) is 13.2 Å². The molecule has 19 heavy (non-hydrogen) atoms. The van der Waals surface area contributed by atoms with E-state index in [0.717, 1.165) is 5.56 Å². The molecular formula is C12H17N3O3S. The lowest BCUT2D eigenvalue weighted by Crippen LogP contribution is -2.58. The van der Waals surface area contributed by atoms with E-state index >= 15 is 0 Å². The Kier molecular flexibility index (Phi) is 3.88. The van der Waals surface area contributed by atoms with Crippen molar-refractivity contribution in [3.63, 3.8) is 0 Å². The van der Waals surface area contributed by atoms with Gasteiger partial charge in [0.2, 0.25) is 15.9 Å². The van der Waals surface area contributed by atoms with Crippen molar-refractivity contribution in [3.05, 3.63) is 29.8 Å². The van der Waals surface area contributed by atoms with Crippen LogP contribution in [0, 0.1) is 6.92 Å². The highest BCUT2D eigenvalue weighted by Gasteiger charge is 2.36. The van der Waals surface area contributed by atoms with Gasteiger partial charge in [-0.25, -0.2) is 8.42 Å². The van der Waals surface area contributed by atoms with Gasteiger partial charge in [0.1, 0.15) is 6.04 Å². The lowest BCUT2D eigenvalue weighted by atomic mass is 10.2. The van der Waals surface area contributed by atoms with E-state index in [0.29, 0.717) is 6.54 Å². The largest absolute Gasteiger partial charge is 0.368 e. The van der Waals surface area contributed by atoms with E-state index in [1.165, 1.54) is 10.4 Å². The van der Waals surface area contributed by atoms with E-state index in [1.807, 2.05) is 13.0 Å². The molecule has 1 aromatic carbocycles. The van der Waals surface area contributed by atoms with Gasteiger partial charge in [0.15, 0.2) is 0 Å². The van der Waals surface area contributed by atoms with Gasteiger partial charge in [-0.15, -0.1) is 0 Å². The molecule has 3 N–H and O–H groups in total. The van der Waals surface area contributed by atoms with Crippen LogP contribution < -0.4 is 11.1 Å². The molecule has 1 unspecified atom stereocenters. The third kappa shape index (κ3) is 2.78. The van der Waals surface area contributed by atoms with Gasteiger partial charge in [0.25, 0.3) is 0 Å². The van der Waals surface area contributed by atoms with E-state index in [2.05, 4.69) is 5.32 Å². The predicted octanol–water partition coefficient (Wildman–Crippen LogP) is -0.557. The molecule has 2 rings (SSSR count). The maximum Gasteiger partial charge on any atom is 0.243 e. The van der Waals surface area contributed by atoms with Crippen LogP contribution in [0.3, 0.4) is 0 Å². The molecule has 1 aliphatic rings. The number of nitrogens with zero attached hydrogens (tertiary/aromatic N) is 1. The Morgan fingerprint density at radius 3 is 2.84 bits per heavy atom. The average Bonchev–Trinajstić information content (AvgIpc) is 2.38. The van der Waals surface area contributed by atoms with E-state index in [-0.39, 0.29) is 18.0 Å². The summed E-state index contributed by atoms with van der Waals surface area (Å²) in [6.45, 7) is 2.82. The summed E-state index contributed by atoms with van der Waals surface area (Å²) in [5.41, 5.74) is 6.13. The van der Waals surface area contributed by atoms with Crippen molar-refractivity contribution >= 4 is 15.9 Å². The minimum atomic E-state index is -3.69. The van der Waals surface area contributed by atoms with Gasteiger partial charge >= 0.3 is 0 Å². The summed E-state index contributed by atoms with van der Waals surface area (Å²) >= 11 is 0. The van der Waals surface area contributed by atoms with Crippen molar-refractivity contribution in [1.82, 2.24) is 9.62 Å². The second-order valence-corrected chi connectivity index (χ2v) is 6.45. The molecule has 1 aliphatic heterocycles. The number of rotatable bonds is 3. The van der Waals surface area contributed by atoms with Crippen LogP contribution in [-0.2, 0) is 14.8 Å². The third-order valence-corrected chi connectivity index (χ3v) is 5.02. The monoisotopic (exact) mass is 283 g/mol. The highest BCUT2D eigenvalue weighted by atomic mass is 32.2. The van der Waals surface area contributed by atoms with Crippen molar-refractivity contribution < 1.29 is 13.2 Å². The summed E-state index contributed by atoms with van der Waals surface area (Å²) in [6, 6.07) is 5.79. The number of aryl methyl sites for hydroxylation is 1. The average molecular weight is 283 g/mol. The third-order valence-electron chi connectivity index (χ3n) is 3.12. The molecule has 104 valence electrons. The molecule has 0 saturated carbocycles. The molecule has 0 aliphatic carbocycles. The van der Waals surface area contributed by atoms with Gasteiger partial charge in [-0.1, -0.05) is 12.1 Å². The summed E-state index contributed by atoms with van der Waals surface area (Å²) in [5, 5.41) is 2.97. The van der Waals surface area contributed by atoms with Crippen LogP contribution in [0.1, 0.15) is 5.56 Å².